The average Bonchev–Trinajstić information content (AvgIpc) is 2.56. The van der Waals surface area contributed by atoms with Crippen molar-refractivity contribution in [2.45, 2.75) is 39.8 Å². The van der Waals surface area contributed by atoms with Crippen molar-refractivity contribution in [1.29, 1.82) is 0 Å². The van der Waals surface area contributed by atoms with Gasteiger partial charge in [-0.3, -0.25) is 9.59 Å². The smallest absolute Gasteiger partial charge is 0.242 e. The largest absolute Gasteiger partial charge is 0.385 e. The van der Waals surface area contributed by atoms with Gasteiger partial charge in [-0.2, -0.15) is 0 Å². The maximum Gasteiger partial charge on any atom is 0.242 e. The molecule has 0 aliphatic heterocycles. The number of methoxy groups -OCH3 is 1. The first-order valence-corrected chi connectivity index (χ1v) is 8.56. The number of nitrogens with zero attached hydrogens (tertiary/aromatic N) is 1. The molecule has 1 N–H and O–H groups in total. The van der Waals surface area contributed by atoms with E-state index in [1.54, 1.807) is 31.1 Å². The van der Waals surface area contributed by atoms with Gasteiger partial charge in [0.05, 0.1) is 0 Å². The van der Waals surface area contributed by atoms with Gasteiger partial charge < -0.3 is 15.0 Å². The van der Waals surface area contributed by atoms with Gasteiger partial charge in [0.25, 0.3) is 0 Å². The molecule has 6 heteroatoms. The van der Waals surface area contributed by atoms with Gasteiger partial charge in [0, 0.05) is 37.7 Å². The van der Waals surface area contributed by atoms with Crippen LogP contribution in [0, 0.1) is 5.92 Å². The molecule has 2 amide bonds. The van der Waals surface area contributed by atoms with E-state index in [0.29, 0.717) is 24.7 Å². The predicted octanol–water partition coefficient (Wildman–Crippen LogP) is 2.87. The highest BCUT2D eigenvalue weighted by Crippen LogP contribution is 2.15. The Morgan fingerprint density at radius 2 is 1.83 bits per heavy atom. The predicted molar refractivity (Wildman–Crippen MR) is 95.8 cm³/mol. The second-order valence-corrected chi connectivity index (χ2v) is 6.50. The first kappa shape index (κ1) is 20.5. The summed E-state index contributed by atoms with van der Waals surface area (Å²) >= 11 is 5.90. The molecule has 0 aliphatic rings. The molecule has 0 aliphatic carbocycles. The van der Waals surface area contributed by atoms with Gasteiger partial charge in [0.2, 0.25) is 11.8 Å². The minimum absolute atomic E-state index is 0.0514. The zero-order valence-corrected chi connectivity index (χ0v) is 15.6. The molecule has 1 atom stereocenters. The summed E-state index contributed by atoms with van der Waals surface area (Å²) < 4.78 is 4.96. The number of halogens is 1. The fraction of sp³-hybridized carbons (Fsp3) is 0.556. The van der Waals surface area contributed by atoms with Gasteiger partial charge in [-0.1, -0.05) is 37.6 Å². The molecule has 1 aromatic rings. The van der Waals surface area contributed by atoms with Crippen molar-refractivity contribution in [3.63, 3.8) is 0 Å². The number of carbonyl (C=O) groups excluding carboxylic acids is 2. The van der Waals surface area contributed by atoms with E-state index >= 15 is 0 Å². The van der Waals surface area contributed by atoms with E-state index in [9.17, 15) is 9.59 Å². The number of hydrogen-bond acceptors (Lipinski definition) is 3. The molecule has 0 radical (unpaired) electrons. The van der Waals surface area contributed by atoms with E-state index in [-0.39, 0.29) is 17.7 Å². The summed E-state index contributed by atoms with van der Waals surface area (Å²) in [5.41, 5.74) is 0.937. The van der Waals surface area contributed by atoms with Crippen molar-refractivity contribution in [2.75, 3.05) is 20.3 Å². The first-order chi connectivity index (χ1) is 11.4. The van der Waals surface area contributed by atoms with Crippen LogP contribution in [0.2, 0.25) is 5.02 Å². The van der Waals surface area contributed by atoms with E-state index in [0.717, 1.165) is 12.0 Å². The third kappa shape index (κ3) is 6.49. The highest BCUT2D eigenvalue weighted by atomic mass is 35.5. The molecule has 5 nitrogen and oxygen atoms in total. The van der Waals surface area contributed by atoms with Crippen molar-refractivity contribution >= 4 is 23.4 Å². The lowest BCUT2D eigenvalue weighted by molar-refractivity contribution is -0.143. The van der Waals surface area contributed by atoms with Crippen LogP contribution in [0.3, 0.4) is 0 Å². The lowest BCUT2D eigenvalue weighted by Crippen LogP contribution is -2.49. The van der Waals surface area contributed by atoms with Gasteiger partial charge in [0.15, 0.2) is 0 Å². The van der Waals surface area contributed by atoms with Crippen LogP contribution in [-0.2, 0) is 20.9 Å². The first-order valence-electron chi connectivity index (χ1n) is 8.18. The van der Waals surface area contributed by atoms with Crippen LogP contribution in [0.25, 0.3) is 0 Å². The van der Waals surface area contributed by atoms with Gasteiger partial charge in [-0.15, -0.1) is 0 Å². The Morgan fingerprint density at radius 3 is 2.38 bits per heavy atom. The fourth-order valence-corrected chi connectivity index (χ4v) is 2.37. The van der Waals surface area contributed by atoms with Gasteiger partial charge in [-0.05, 0) is 31.0 Å². The van der Waals surface area contributed by atoms with Crippen LogP contribution in [-0.4, -0.2) is 43.0 Å². The Morgan fingerprint density at radius 1 is 1.21 bits per heavy atom. The van der Waals surface area contributed by atoms with Crippen LogP contribution in [0.1, 0.15) is 32.8 Å². The summed E-state index contributed by atoms with van der Waals surface area (Å²) in [4.78, 5) is 26.5. The van der Waals surface area contributed by atoms with E-state index in [4.69, 9.17) is 16.3 Å². The van der Waals surface area contributed by atoms with Crippen molar-refractivity contribution in [1.82, 2.24) is 10.2 Å². The quantitative estimate of drug-likeness (QED) is 0.694. The minimum Gasteiger partial charge on any atom is -0.385 e. The normalized spacial score (nSPS) is 12.1. The molecule has 0 bridgehead atoms. The number of carbonyl (C=O) groups is 2. The minimum atomic E-state index is -0.543. The number of rotatable bonds is 9. The van der Waals surface area contributed by atoms with E-state index in [1.807, 2.05) is 26.0 Å². The van der Waals surface area contributed by atoms with Crippen molar-refractivity contribution in [2.24, 2.45) is 5.92 Å². The van der Waals surface area contributed by atoms with Crippen LogP contribution in [0.15, 0.2) is 24.3 Å². The summed E-state index contributed by atoms with van der Waals surface area (Å²) in [5.74, 6) is -0.389. The summed E-state index contributed by atoms with van der Waals surface area (Å²) in [7, 11) is 1.62. The maximum atomic E-state index is 12.5. The molecule has 0 saturated carbocycles. The molecule has 1 rings (SSSR count). The molecule has 0 fully saturated rings. The van der Waals surface area contributed by atoms with Crippen LogP contribution in [0.4, 0.5) is 0 Å². The number of benzene rings is 1. The Kier molecular flexibility index (Phi) is 8.79. The fourth-order valence-electron chi connectivity index (χ4n) is 2.24. The average molecular weight is 355 g/mol. The second kappa shape index (κ2) is 10.3. The third-order valence-electron chi connectivity index (χ3n) is 3.71. The highest BCUT2D eigenvalue weighted by molar-refractivity contribution is 6.30. The summed E-state index contributed by atoms with van der Waals surface area (Å²) in [6.45, 7) is 6.92. The molecule has 0 saturated heterocycles. The van der Waals surface area contributed by atoms with Crippen LogP contribution >= 0.6 is 11.6 Å². The lowest BCUT2D eigenvalue weighted by Gasteiger charge is -2.30. The molecule has 0 spiro atoms. The number of nitrogens with one attached hydrogen (secondary N) is 1. The van der Waals surface area contributed by atoms with Gasteiger partial charge in [-0.25, -0.2) is 0 Å². The molecule has 0 unspecified atom stereocenters. The topological polar surface area (TPSA) is 58.6 Å². The highest BCUT2D eigenvalue weighted by Gasteiger charge is 2.27. The molecular formula is C18H27ClN2O3. The Hall–Kier alpha value is -1.59. The SMILES string of the molecule is COCCCNC(=O)[C@H](C)N(Cc1ccc(Cl)cc1)C(=O)C(C)C. The lowest BCUT2D eigenvalue weighted by atomic mass is 10.1. The summed E-state index contributed by atoms with van der Waals surface area (Å²) in [6.07, 6.45) is 0.740. The summed E-state index contributed by atoms with van der Waals surface area (Å²) in [6, 6.07) is 6.76. The Bertz CT molecular complexity index is 532. The molecule has 0 aromatic heterocycles. The van der Waals surface area contributed by atoms with Gasteiger partial charge >= 0.3 is 0 Å². The van der Waals surface area contributed by atoms with Crippen molar-refractivity contribution < 1.29 is 14.3 Å². The molecular weight excluding hydrogens is 328 g/mol. The van der Waals surface area contributed by atoms with Crippen molar-refractivity contribution in [3.05, 3.63) is 34.9 Å². The molecule has 24 heavy (non-hydrogen) atoms. The Balaban J connectivity index is 2.78. The van der Waals surface area contributed by atoms with E-state index < -0.39 is 6.04 Å². The van der Waals surface area contributed by atoms with Crippen LogP contribution < -0.4 is 5.32 Å². The Labute approximate surface area is 149 Å². The number of hydrogen-bond donors (Lipinski definition) is 1. The van der Waals surface area contributed by atoms with E-state index in [2.05, 4.69) is 5.32 Å². The zero-order valence-electron chi connectivity index (χ0n) is 14.8. The molecule has 134 valence electrons. The standard InChI is InChI=1S/C18H27ClN2O3/c1-13(2)18(23)21(12-15-6-8-16(19)9-7-15)14(3)17(22)20-10-5-11-24-4/h6-9,13-14H,5,10-12H2,1-4H3,(H,20,22)/t14-/m0/s1. The third-order valence-corrected chi connectivity index (χ3v) is 3.97. The van der Waals surface area contributed by atoms with E-state index in [1.165, 1.54) is 0 Å². The van der Waals surface area contributed by atoms with Gasteiger partial charge in [0.1, 0.15) is 6.04 Å². The zero-order chi connectivity index (χ0) is 18.1. The second-order valence-electron chi connectivity index (χ2n) is 6.06. The number of amides is 2. The monoisotopic (exact) mass is 354 g/mol. The van der Waals surface area contributed by atoms with Crippen molar-refractivity contribution in [3.8, 4) is 0 Å². The van der Waals surface area contributed by atoms with Crippen LogP contribution in [0.5, 0.6) is 0 Å². The molecule has 0 heterocycles. The molecule has 1 aromatic carbocycles. The maximum absolute atomic E-state index is 12.5. The number of ether oxygens (including phenoxy) is 1. The summed E-state index contributed by atoms with van der Waals surface area (Å²) in [5, 5.41) is 3.50.